The number of piperidine rings is 1. The molecule has 1 aliphatic rings. The lowest BCUT2D eigenvalue weighted by Gasteiger charge is -2.35. The zero-order valence-electron chi connectivity index (χ0n) is 11.6. The maximum atomic E-state index is 11.9. The van der Waals surface area contributed by atoms with Crippen molar-refractivity contribution in [2.24, 2.45) is 11.3 Å². The van der Waals surface area contributed by atoms with Gasteiger partial charge in [0.15, 0.2) is 5.78 Å². The lowest BCUT2D eigenvalue weighted by atomic mass is 9.81. The lowest BCUT2D eigenvalue weighted by molar-refractivity contribution is -0.142. The normalized spacial score (nSPS) is 19.8. The Morgan fingerprint density at radius 2 is 2.06 bits per heavy atom. The highest BCUT2D eigenvalue weighted by Gasteiger charge is 2.35. The predicted molar refractivity (Wildman–Crippen MR) is 68.7 cm³/mol. The minimum atomic E-state index is -0.241. The minimum absolute atomic E-state index is 0.148. The van der Waals surface area contributed by atoms with Crippen molar-refractivity contribution in [1.29, 1.82) is 0 Å². The first-order valence-electron chi connectivity index (χ1n) is 6.64. The van der Waals surface area contributed by atoms with Crippen molar-refractivity contribution in [3.63, 3.8) is 0 Å². The molecule has 0 saturated carbocycles. The quantitative estimate of drug-likeness (QED) is 0.756. The highest BCUT2D eigenvalue weighted by molar-refractivity contribution is 5.90. The van der Waals surface area contributed by atoms with E-state index in [9.17, 15) is 9.59 Å². The summed E-state index contributed by atoms with van der Waals surface area (Å²) in [5, 5.41) is 0. The first-order valence-corrected chi connectivity index (χ1v) is 6.64. The van der Waals surface area contributed by atoms with Gasteiger partial charge in [-0.1, -0.05) is 34.1 Å². The average Bonchev–Trinajstić information content (AvgIpc) is 2.21. The molecular weight excluding hydrogens is 214 g/mol. The van der Waals surface area contributed by atoms with Gasteiger partial charge in [0, 0.05) is 18.4 Å². The van der Waals surface area contributed by atoms with Gasteiger partial charge >= 0.3 is 0 Å². The third-order valence-corrected chi connectivity index (χ3v) is 3.62. The van der Waals surface area contributed by atoms with E-state index in [0.29, 0.717) is 18.9 Å². The maximum absolute atomic E-state index is 11.9. The van der Waals surface area contributed by atoms with Crippen LogP contribution in [0.15, 0.2) is 0 Å². The molecule has 0 aromatic heterocycles. The summed E-state index contributed by atoms with van der Waals surface area (Å²) in [6.07, 6.45) is 3.40. The van der Waals surface area contributed by atoms with Crippen LogP contribution in [0.25, 0.3) is 0 Å². The molecule has 0 aromatic carbocycles. The summed E-state index contributed by atoms with van der Waals surface area (Å²) in [5.41, 5.74) is -0.241. The molecule has 17 heavy (non-hydrogen) atoms. The molecule has 1 aliphatic heterocycles. The van der Waals surface area contributed by atoms with Crippen LogP contribution < -0.4 is 0 Å². The van der Waals surface area contributed by atoms with Crippen molar-refractivity contribution in [2.75, 3.05) is 13.1 Å². The van der Waals surface area contributed by atoms with Crippen molar-refractivity contribution in [3.8, 4) is 0 Å². The van der Waals surface area contributed by atoms with Crippen LogP contribution in [-0.4, -0.2) is 29.7 Å². The summed E-state index contributed by atoms with van der Waals surface area (Å²) >= 11 is 0. The van der Waals surface area contributed by atoms with Crippen LogP contribution in [-0.2, 0) is 9.59 Å². The zero-order chi connectivity index (χ0) is 13.1. The topological polar surface area (TPSA) is 37.4 Å². The number of nitrogens with zero attached hydrogens (tertiary/aromatic N) is 1. The van der Waals surface area contributed by atoms with Gasteiger partial charge in [-0.15, -0.1) is 0 Å². The summed E-state index contributed by atoms with van der Waals surface area (Å²) in [7, 11) is 0. The van der Waals surface area contributed by atoms with E-state index in [4.69, 9.17) is 0 Å². The molecular formula is C14H25NO2. The monoisotopic (exact) mass is 239 g/mol. The average molecular weight is 239 g/mol. The molecule has 0 unspecified atom stereocenters. The predicted octanol–water partition coefficient (Wildman–Crippen LogP) is 2.64. The zero-order valence-corrected chi connectivity index (χ0v) is 11.6. The molecule has 98 valence electrons. The molecule has 0 bridgehead atoms. The van der Waals surface area contributed by atoms with E-state index in [1.54, 1.807) is 4.90 Å². The van der Waals surface area contributed by atoms with Crippen molar-refractivity contribution in [1.82, 2.24) is 4.90 Å². The molecule has 1 amide bonds. The van der Waals surface area contributed by atoms with E-state index in [1.807, 2.05) is 13.8 Å². The highest BCUT2D eigenvalue weighted by Crippen LogP contribution is 2.27. The van der Waals surface area contributed by atoms with Gasteiger partial charge < -0.3 is 4.90 Å². The molecule has 0 aliphatic carbocycles. The number of carbonyl (C=O) groups excluding carboxylic acids is 2. The van der Waals surface area contributed by atoms with Crippen LogP contribution in [0.3, 0.4) is 0 Å². The number of Topliss-reactive ketones (excluding diaryl/α,β-unsaturated/α-hetero) is 1. The number of ketones is 1. The Morgan fingerprint density at radius 1 is 1.41 bits per heavy atom. The van der Waals surface area contributed by atoms with Gasteiger partial charge in [-0.2, -0.15) is 0 Å². The van der Waals surface area contributed by atoms with E-state index < -0.39 is 0 Å². The summed E-state index contributed by atoms with van der Waals surface area (Å²) in [6.45, 7) is 9.31. The lowest BCUT2D eigenvalue weighted by Crippen LogP contribution is -2.47. The van der Waals surface area contributed by atoms with E-state index in [2.05, 4.69) is 13.8 Å². The van der Waals surface area contributed by atoms with E-state index >= 15 is 0 Å². The molecule has 3 nitrogen and oxygen atoms in total. The Balaban J connectivity index is 2.37. The Labute approximate surface area is 105 Å². The van der Waals surface area contributed by atoms with Crippen molar-refractivity contribution in [3.05, 3.63) is 0 Å². The van der Waals surface area contributed by atoms with Gasteiger partial charge in [-0.05, 0) is 18.8 Å². The Morgan fingerprint density at radius 3 is 2.59 bits per heavy atom. The minimum Gasteiger partial charge on any atom is -0.335 e. The molecule has 0 N–H and O–H groups in total. The number of amides is 1. The number of hydrogen-bond donors (Lipinski definition) is 0. The smallest absolute Gasteiger partial charge is 0.222 e. The van der Waals surface area contributed by atoms with Gasteiger partial charge in [0.05, 0.1) is 6.54 Å². The number of carbonyl (C=O) groups is 2. The van der Waals surface area contributed by atoms with Crippen LogP contribution in [0, 0.1) is 11.3 Å². The molecule has 1 saturated heterocycles. The Kier molecular flexibility index (Phi) is 4.72. The van der Waals surface area contributed by atoms with Crippen LogP contribution in [0.4, 0.5) is 0 Å². The molecule has 3 heteroatoms. The summed E-state index contributed by atoms with van der Waals surface area (Å²) in [4.78, 5) is 25.5. The highest BCUT2D eigenvalue weighted by atomic mass is 16.2. The van der Waals surface area contributed by atoms with Gasteiger partial charge in [-0.25, -0.2) is 0 Å². The summed E-state index contributed by atoms with van der Waals surface area (Å²) in [6, 6.07) is 0. The number of rotatable bonds is 4. The fourth-order valence-electron chi connectivity index (χ4n) is 2.05. The summed E-state index contributed by atoms with van der Waals surface area (Å²) in [5.74, 6) is 0.986. The number of likely N-dealkylation sites (tertiary alicyclic amines) is 1. The van der Waals surface area contributed by atoms with Gasteiger partial charge in [0.2, 0.25) is 5.91 Å². The van der Waals surface area contributed by atoms with Gasteiger partial charge in [0.1, 0.15) is 0 Å². The first-order chi connectivity index (χ1) is 7.83. The second kappa shape index (κ2) is 5.65. The van der Waals surface area contributed by atoms with Crippen LogP contribution in [0.1, 0.15) is 53.4 Å². The Hall–Kier alpha value is -0.860. The third kappa shape index (κ3) is 4.14. The fourth-order valence-corrected chi connectivity index (χ4v) is 2.05. The maximum Gasteiger partial charge on any atom is 0.222 e. The van der Waals surface area contributed by atoms with E-state index in [-0.39, 0.29) is 17.1 Å². The van der Waals surface area contributed by atoms with Crippen LogP contribution >= 0.6 is 0 Å². The molecule has 0 aromatic rings. The van der Waals surface area contributed by atoms with Crippen LogP contribution in [0.2, 0.25) is 0 Å². The first kappa shape index (κ1) is 14.2. The van der Waals surface area contributed by atoms with E-state index in [0.717, 1.165) is 25.8 Å². The van der Waals surface area contributed by atoms with E-state index in [1.165, 1.54) is 0 Å². The van der Waals surface area contributed by atoms with Gasteiger partial charge in [-0.3, -0.25) is 9.59 Å². The molecule has 0 radical (unpaired) electrons. The standard InChI is InChI=1S/C14H25NO2/c1-11(2)6-5-7-13(17)15-9-8-14(3,4)12(16)10-15/h11H,5-10H2,1-4H3. The second-order valence-electron chi connectivity index (χ2n) is 6.16. The number of hydrogen-bond acceptors (Lipinski definition) is 2. The van der Waals surface area contributed by atoms with Crippen molar-refractivity contribution >= 4 is 11.7 Å². The van der Waals surface area contributed by atoms with Crippen molar-refractivity contribution < 1.29 is 9.59 Å². The largest absolute Gasteiger partial charge is 0.335 e. The fraction of sp³-hybridized carbons (Fsp3) is 0.857. The van der Waals surface area contributed by atoms with Crippen LogP contribution in [0.5, 0.6) is 0 Å². The third-order valence-electron chi connectivity index (χ3n) is 3.62. The molecule has 0 spiro atoms. The summed E-state index contributed by atoms with van der Waals surface area (Å²) < 4.78 is 0. The van der Waals surface area contributed by atoms with Gasteiger partial charge in [0.25, 0.3) is 0 Å². The Bertz CT molecular complexity index is 295. The SMILES string of the molecule is CC(C)CCCC(=O)N1CCC(C)(C)C(=O)C1. The second-order valence-corrected chi connectivity index (χ2v) is 6.16. The molecule has 1 rings (SSSR count). The molecule has 0 atom stereocenters. The molecule has 1 fully saturated rings. The molecule has 1 heterocycles. The van der Waals surface area contributed by atoms with Crippen molar-refractivity contribution in [2.45, 2.75) is 53.4 Å².